The first-order valence-electron chi connectivity index (χ1n) is 12.8. The van der Waals surface area contributed by atoms with Gasteiger partial charge in [0.05, 0.1) is 30.3 Å². The maximum Gasteiger partial charge on any atom is 0.264 e. The van der Waals surface area contributed by atoms with Crippen molar-refractivity contribution in [3.05, 3.63) is 83.4 Å². The lowest BCUT2D eigenvalue weighted by Crippen LogP contribution is -2.51. The second-order valence-electron chi connectivity index (χ2n) is 10.6. The molecule has 0 bridgehead atoms. The summed E-state index contributed by atoms with van der Waals surface area (Å²) in [5, 5.41) is 2.99. The molecule has 0 fully saturated rings. The molecule has 1 N–H and O–H groups in total. The van der Waals surface area contributed by atoms with Crippen LogP contribution in [0.3, 0.4) is 0 Å². The number of amides is 1. The lowest BCUT2D eigenvalue weighted by molar-refractivity contribution is -0.128. The molecule has 0 aliphatic carbocycles. The number of ether oxygens (including phenoxy) is 2. The molecule has 38 heavy (non-hydrogen) atoms. The van der Waals surface area contributed by atoms with E-state index in [0.717, 1.165) is 17.5 Å². The van der Waals surface area contributed by atoms with Gasteiger partial charge >= 0.3 is 0 Å². The summed E-state index contributed by atoms with van der Waals surface area (Å²) in [6.07, 6.45) is -0.0837. The van der Waals surface area contributed by atoms with Crippen LogP contribution in [0.15, 0.2) is 71.6 Å². The molecule has 3 aromatic carbocycles. The summed E-state index contributed by atoms with van der Waals surface area (Å²) in [4.78, 5) is 13.5. The highest BCUT2D eigenvalue weighted by Crippen LogP contribution is 2.40. The topological polar surface area (TPSA) is 84.9 Å². The first-order valence-corrected chi connectivity index (χ1v) is 14.2. The van der Waals surface area contributed by atoms with E-state index in [4.69, 9.17) is 9.47 Å². The maximum absolute atomic E-state index is 13.9. The quantitative estimate of drug-likeness (QED) is 0.438. The minimum Gasteiger partial charge on any atom is -0.497 e. The highest BCUT2D eigenvalue weighted by Gasteiger charge is 2.38. The monoisotopic (exact) mass is 536 g/mol. The fourth-order valence-electron chi connectivity index (χ4n) is 4.39. The number of benzene rings is 3. The molecule has 1 aliphatic rings. The van der Waals surface area contributed by atoms with Crippen LogP contribution in [0, 0.1) is 0 Å². The van der Waals surface area contributed by atoms with E-state index in [2.05, 4.69) is 33.0 Å². The van der Waals surface area contributed by atoms with Crippen molar-refractivity contribution in [1.82, 2.24) is 5.32 Å². The fourth-order valence-corrected chi connectivity index (χ4v) is 5.86. The van der Waals surface area contributed by atoms with Gasteiger partial charge in [0.1, 0.15) is 11.5 Å². The van der Waals surface area contributed by atoms with Crippen molar-refractivity contribution in [2.24, 2.45) is 0 Å². The minimum atomic E-state index is -4.00. The molecule has 0 saturated heterocycles. The number of anilines is 1. The zero-order valence-corrected chi connectivity index (χ0v) is 23.6. The van der Waals surface area contributed by atoms with Crippen molar-refractivity contribution < 1.29 is 22.7 Å². The molecule has 4 rings (SSSR count). The number of fused-ring (bicyclic) bond motifs is 1. The Morgan fingerprint density at radius 3 is 2.32 bits per heavy atom. The largest absolute Gasteiger partial charge is 0.497 e. The highest BCUT2D eigenvalue weighted by atomic mass is 32.2. The Labute approximate surface area is 225 Å². The van der Waals surface area contributed by atoms with Gasteiger partial charge in [-0.15, -0.1) is 0 Å². The number of hydrogen-bond acceptors (Lipinski definition) is 5. The molecule has 0 saturated carbocycles. The summed E-state index contributed by atoms with van der Waals surface area (Å²) in [6, 6.07) is 19.5. The predicted molar refractivity (Wildman–Crippen MR) is 149 cm³/mol. The van der Waals surface area contributed by atoms with Crippen molar-refractivity contribution >= 4 is 21.6 Å². The summed E-state index contributed by atoms with van der Waals surface area (Å²) in [7, 11) is -2.47. The number of nitrogens with one attached hydrogen (secondary N) is 1. The van der Waals surface area contributed by atoms with Gasteiger partial charge in [-0.1, -0.05) is 58.0 Å². The molecule has 8 heteroatoms. The zero-order chi connectivity index (χ0) is 27.7. The number of methoxy groups -OCH3 is 1. The molecule has 0 radical (unpaired) electrons. The Bertz CT molecular complexity index is 1390. The van der Waals surface area contributed by atoms with Crippen LogP contribution in [0.4, 0.5) is 5.69 Å². The van der Waals surface area contributed by atoms with Gasteiger partial charge in [-0.2, -0.15) is 0 Å². The Hall–Kier alpha value is -3.52. The molecule has 2 atom stereocenters. The van der Waals surface area contributed by atoms with Gasteiger partial charge in [-0.25, -0.2) is 8.42 Å². The number of carbonyl (C=O) groups is 1. The normalized spacial score (nSPS) is 16.3. The number of sulfonamides is 1. The average Bonchev–Trinajstić information content (AvgIpc) is 2.91. The molecule has 0 aromatic heterocycles. The second-order valence-corrected chi connectivity index (χ2v) is 12.4. The Kier molecular flexibility index (Phi) is 7.74. The van der Waals surface area contributed by atoms with Crippen molar-refractivity contribution in [1.29, 1.82) is 0 Å². The van der Waals surface area contributed by atoms with E-state index >= 15 is 0 Å². The van der Waals surface area contributed by atoms with Crippen LogP contribution in [0.25, 0.3) is 0 Å². The third-order valence-corrected chi connectivity index (χ3v) is 8.68. The van der Waals surface area contributed by atoms with E-state index in [1.807, 2.05) is 43.3 Å². The molecule has 7 nitrogen and oxygen atoms in total. The van der Waals surface area contributed by atoms with Gasteiger partial charge in [-0.3, -0.25) is 9.10 Å². The summed E-state index contributed by atoms with van der Waals surface area (Å²) >= 11 is 0. The van der Waals surface area contributed by atoms with Crippen molar-refractivity contribution in [3.63, 3.8) is 0 Å². The van der Waals surface area contributed by atoms with Gasteiger partial charge in [0, 0.05) is 0 Å². The van der Waals surface area contributed by atoms with E-state index in [-0.39, 0.29) is 28.8 Å². The highest BCUT2D eigenvalue weighted by molar-refractivity contribution is 7.92. The average molecular weight is 537 g/mol. The number of hydrogen-bond donors (Lipinski definition) is 1. The molecular weight excluding hydrogens is 500 g/mol. The molecule has 0 spiro atoms. The van der Waals surface area contributed by atoms with Crippen LogP contribution in [0.2, 0.25) is 0 Å². The first kappa shape index (κ1) is 27.5. The number of carbonyl (C=O) groups excluding carboxylic acids is 1. The molecule has 1 amide bonds. The van der Waals surface area contributed by atoms with Crippen LogP contribution >= 0.6 is 0 Å². The number of rotatable bonds is 7. The third-order valence-electron chi connectivity index (χ3n) is 6.88. The van der Waals surface area contributed by atoms with E-state index in [0.29, 0.717) is 17.2 Å². The smallest absolute Gasteiger partial charge is 0.264 e. The second kappa shape index (κ2) is 10.7. The molecule has 0 unspecified atom stereocenters. The molecule has 1 heterocycles. The van der Waals surface area contributed by atoms with E-state index in [1.165, 1.54) is 29.1 Å². The summed E-state index contributed by atoms with van der Waals surface area (Å²) in [5.41, 5.74) is 3.35. The lowest BCUT2D eigenvalue weighted by atomic mass is 9.86. The Balaban J connectivity index is 1.67. The molecular formula is C30H36N2O5S. The van der Waals surface area contributed by atoms with Crippen LogP contribution in [-0.4, -0.2) is 34.1 Å². The van der Waals surface area contributed by atoms with E-state index < -0.39 is 16.1 Å². The Morgan fingerprint density at radius 2 is 1.74 bits per heavy atom. The van der Waals surface area contributed by atoms with Gasteiger partial charge in [0.2, 0.25) is 0 Å². The number of aryl methyl sites for hydroxylation is 1. The van der Waals surface area contributed by atoms with Crippen LogP contribution in [0.5, 0.6) is 11.5 Å². The first-order chi connectivity index (χ1) is 17.9. The van der Waals surface area contributed by atoms with Gasteiger partial charge in [0.25, 0.3) is 15.9 Å². The van der Waals surface area contributed by atoms with Crippen LogP contribution in [0.1, 0.15) is 57.4 Å². The van der Waals surface area contributed by atoms with Crippen molar-refractivity contribution in [2.45, 2.75) is 63.5 Å². The van der Waals surface area contributed by atoms with Gasteiger partial charge in [0.15, 0.2) is 6.10 Å². The van der Waals surface area contributed by atoms with Crippen LogP contribution < -0.4 is 19.1 Å². The maximum atomic E-state index is 13.9. The summed E-state index contributed by atoms with van der Waals surface area (Å²) < 4.78 is 40.3. The van der Waals surface area contributed by atoms with Crippen molar-refractivity contribution in [3.8, 4) is 11.5 Å². The number of nitrogens with zero attached hydrogens (tertiary/aromatic N) is 1. The van der Waals surface area contributed by atoms with E-state index in [1.54, 1.807) is 18.2 Å². The summed E-state index contributed by atoms with van der Waals surface area (Å²) in [6.45, 7) is 10.0. The fraction of sp³-hybridized carbons (Fsp3) is 0.367. The van der Waals surface area contributed by atoms with Crippen LogP contribution in [-0.2, 0) is 26.7 Å². The lowest BCUT2D eigenvalue weighted by Gasteiger charge is -2.36. The Morgan fingerprint density at radius 1 is 1.08 bits per heavy atom. The third kappa shape index (κ3) is 5.65. The summed E-state index contributed by atoms with van der Waals surface area (Å²) in [5.74, 6) is 0.526. The SMILES string of the molecule is CCc1ccc([C@H](C)NC(=O)[C@H]2CN(S(=O)(=O)c3ccc(OC)cc3)c3cc(C(C)(C)C)ccc3O2)cc1. The van der Waals surface area contributed by atoms with Crippen molar-refractivity contribution in [2.75, 3.05) is 18.0 Å². The van der Waals surface area contributed by atoms with Gasteiger partial charge in [-0.05, 0) is 71.8 Å². The van der Waals surface area contributed by atoms with E-state index in [9.17, 15) is 13.2 Å². The molecule has 3 aromatic rings. The van der Waals surface area contributed by atoms with Gasteiger partial charge < -0.3 is 14.8 Å². The standard InChI is InChI=1S/C30H36N2O5S/c1-7-21-8-10-22(11-9-21)20(2)31-29(33)28-19-32(38(34,35)25-15-13-24(36-6)14-16-25)26-18-23(30(3,4)5)12-17-27(26)37-28/h8-18,20,28H,7,19H2,1-6H3,(H,31,33)/t20-,28+/m0/s1. The minimum absolute atomic E-state index is 0.107. The molecule has 202 valence electrons. The molecule has 1 aliphatic heterocycles. The predicted octanol–water partition coefficient (Wildman–Crippen LogP) is 5.39. The zero-order valence-electron chi connectivity index (χ0n) is 22.8.